The third-order valence-electron chi connectivity index (χ3n) is 5.65. The molecule has 1 amide bonds. The van der Waals surface area contributed by atoms with Crippen LogP contribution in [0.25, 0.3) is 16.6 Å². The average Bonchev–Trinajstić information content (AvgIpc) is 2.84. The van der Waals surface area contributed by atoms with E-state index < -0.39 is 0 Å². The van der Waals surface area contributed by atoms with Crippen LogP contribution in [0.5, 0.6) is 5.75 Å². The van der Waals surface area contributed by atoms with Gasteiger partial charge >= 0.3 is 0 Å². The molecule has 0 N–H and O–H groups in total. The smallest absolute Gasteiger partial charge is 0.266 e. The number of fused-ring (bicyclic) bond motifs is 1. The summed E-state index contributed by atoms with van der Waals surface area (Å²) in [6.45, 7) is 4.43. The third-order valence-corrected chi connectivity index (χ3v) is 6.58. The van der Waals surface area contributed by atoms with Crippen LogP contribution in [0.1, 0.15) is 16.7 Å². The summed E-state index contributed by atoms with van der Waals surface area (Å²) in [7, 11) is 3.39. The van der Waals surface area contributed by atoms with E-state index in [0.29, 0.717) is 22.6 Å². The van der Waals surface area contributed by atoms with Gasteiger partial charge in [-0.1, -0.05) is 48.2 Å². The number of thioether (sulfide) groups is 1. The highest BCUT2D eigenvalue weighted by atomic mass is 32.2. The molecule has 0 bridgehead atoms. The van der Waals surface area contributed by atoms with Gasteiger partial charge in [0.2, 0.25) is 5.91 Å². The Morgan fingerprint density at radius 3 is 2.65 bits per heavy atom. The van der Waals surface area contributed by atoms with Crippen molar-refractivity contribution in [3.05, 3.63) is 93.8 Å². The molecule has 0 atom stereocenters. The fourth-order valence-electron chi connectivity index (χ4n) is 3.75. The molecule has 1 aromatic heterocycles. The molecule has 0 fully saturated rings. The van der Waals surface area contributed by atoms with E-state index in [2.05, 4.69) is 0 Å². The Labute approximate surface area is 203 Å². The number of hydrogen-bond acceptors (Lipinski definition) is 5. The number of aromatic nitrogens is 2. The van der Waals surface area contributed by atoms with Crippen molar-refractivity contribution in [1.29, 1.82) is 0 Å². The first-order valence-corrected chi connectivity index (χ1v) is 11.9. The molecule has 0 aliphatic rings. The van der Waals surface area contributed by atoms with Crippen molar-refractivity contribution in [2.24, 2.45) is 0 Å². The lowest BCUT2D eigenvalue weighted by molar-refractivity contribution is -0.127. The molecule has 174 valence electrons. The van der Waals surface area contributed by atoms with Crippen molar-refractivity contribution in [2.45, 2.75) is 25.5 Å². The highest BCUT2D eigenvalue weighted by Gasteiger charge is 2.18. The topological polar surface area (TPSA) is 64.4 Å². The summed E-state index contributed by atoms with van der Waals surface area (Å²) in [5.41, 5.74) is 4.26. The van der Waals surface area contributed by atoms with Gasteiger partial charge in [0, 0.05) is 13.6 Å². The quantitative estimate of drug-likeness (QED) is 0.286. The third kappa shape index (κ3) is 4.99. The molecule has 1 heterocycles. The molecule has 0 aliphatic carbocycles. The van der Waals surface area contributed by atoms with Gasteiger partial charge in [-0.25, -0.2) is 4.98 Å². The first-order valence-electron chi connectivity index (χ1n) is 11.0. The Morgan fingerprint density at radius 2 is 1.85 bits per heavy atom. The van der Waals surface area contributed by atoms with Crippen molar-refractivity contribution in [3.8, 4) is 11.4 Å². The fraction of sp³-hybridized carbons (Fsp3) is 0.222. The Bertz CT molecular complexity index is 1410. The lowest BCUT2D eigenvalue weighted by Gasteiger charge is -2.19. The standard InChI is InChI=1S/C27H27N3O3S/c1-18-12-13-19(2)24(14-18)30-26(32)22-10-5-6-11-23(22)28-27(30)34-17-25(31)29(3)16-20-8-7-9-21(15-20)33-4/h5-15H,16-17H2,1-4H3. The van der Waals surface area contributed by atoms with Gasteiger partial charge in [0.25, 0.3) is 5.56 Å². The molecule has 0 spiro atoms. The maximum absolute atomic E-state index is 13.5. The van der Waals surface area contributed by atoms with Crippen LogP contribution in [0, 0.1) is 13.8 Å². The molecule has 0 radical (unpaired) electrons. The number of amides is 1. The molecule has 0 unspecified atom stereocenters. The van der Waals surface area contributed by atoms with Crippen molar-refractivity contribution >= 4 is 28.6 Å². The summed E-state index contributed by atoms with van der Waals surface area (Å²) in [4.78, 5) is 32.9. The second kappa shape index (κ2) is 10.1. The van der Waals surface area contributed by atoms with Gasteiger partial charge in [-0.2, -0.15) is 0 Å². The number of rotatable bonds is 7. The zero-order valence-corrected chi connectivity index (χ0v) is 20.6. The molecular formula is C27H27N3O3S. The van der Waals surface area contributed by atoms with E-state index in [1.54, 1.807) is 29.7 Å². The summed E-state index contributed by atoms with van der Waals surface area (Å²) >= 11 is 1.28. The Balaban J connectivity index is 1.64. The van der Waals surface area contributed by atoms with E-state index in [9.17, 15) is 9.59 Å². The predicted octanol–water partition coefficient (Wildman–Crippen LogP) is 4.76. The van der Waals surface area contributed by atoms with Crippen LogP contribution in [0.3, 0.4) is 0 Å². The van der Waals surface area contributed by atoms with Crippen molar-refractivity contribution in [1.82, 2.24) is 14.5 Å². The maximum Gasteiger partial charge on any atom is 0.266 e. The van der Waals surface area contributed by atoms with Crippen molar-refractivity contribution < 1.29 is 9.53 Å². The van der Waals surface area contributed by atoms with Gasteiger partial charge in [0.15, 0.2) is 5.16 Å². The first kappa shape index (κ1) is 23.6. The summed E-state index contributed by atoms with van der Waals surface area (Å²) in [6, 6.07) is 21.0. The normalized spacial score (nSPS) is 10.9. The molecule has 6 nitrogen and oxygen atoms in total. The predicted molar refractivity (Wildman–Crippen MR) is 137 cm³/mol. The number of carbonyl (C=O) groups is 1. The van der Waals surface area contributed by atoms with Crippen LogP contribution in [-0.2, 0) is 11.3 Å². The van der Waals surface area contributed by atoms with Gasteiger partial charge in [-0.05, 0) is 60.9 Å². The summed E-state index contributed by atoms with van der Waals surface area (Å²) in [5.74, 6) is 0.865. The molecule has 34 heavy (non-hydrogen) atoms. The Hall–Kier alpha value is -3.58. The molecule has 4 rings (SSSR count). The monoisotopic (exact) mass is 473 g/mol. The molecule has 3 aromatic carbocycles. The largest absolute Gasteiger partial charge is 0.497 e. The van der Waals surface area contributed by atoms with E-state index in [1.165, 1.54) is 11.8 Å². The van der Waals surface area contributed by atoms with Crippen LogP contribution in [0.4, 0.5) is 0 Å². The van der Waals surface area contributed by atoms with Crippen LogP contribution in [0.2, 0.25) is 0 Å². The van der Waals surface area contributed by atoms with Gasteiger partial charge in [0.05, 0.1) is 29.5 Å². The molecule has 0 aliphatic heterocycles. The van der Waals surface area contributed by atoms with Crippen molar-refractivity contribution in [2.75, 3.05) is 19.9 Å². The number of aryl methyl sites for hydroxylation is 2. The number of carbonyl (C=O) groups excluding carboxylic acids is 1. The van der Waals surface area contributed by atoms with Crippen molar-refractivity contribution in [3.63, 3.8) is 0 Å². The number of ether oxygens (including phenoxy) is 1. The second-order valence-electron chi connectivity index (χ2n) is 8.23. The number of methoxy groups -OCH3 is 1. The lowest BCUT2D eigenvalue weighted by atomic mass is 10.1. The molecule has 7 heteroatoms. The highest BCUT2D eigenvalue weighted by Crippen LogP contribution is 2.24. The van der Waals surface area contributed by atoms with E-state index in [0.717, 1.165) is 28.1 Å². The highest BCUT2D eigenvalue weighted by molar-refractivity contribution is 7.99. The average molecular weight is 474 g/mol. The minimum absolute atomic E-state index is 0.0530. The van der Waals surface area contributed by atoms with Crippen LogP contribution in [-0.4, -0.2) is 40.3 Å². The first-order chi connectivity index (χ1) is 16.4. The SMILES string of the molecule is COc1cccc(CN(C)C(=O)CSc2nc3ccccc3c(=O)n2-c2cc(C)ccc2C)c1. The molecule has 0 saturated heterocycles. The summed E-state index contributed by atoms with van der Waals surface area (Å²) < 4.78 is 6.90. The molecular weight excluding hydrogens is 446 g/mol. The van der Waals surface area contributed by atoms with Crippen LogP contribution in [0.15, 0.2) is 76.7 Å². The zero-order valence-electron chi connectivity index (χ0n) is 19.7. The van der Waals surface area contributed by atoms with Gasteiger partial charge in [-0.3, -0.25) is 14.2 Å². The fourth-order valence-corrected chi connectivity index (χ4v) is 4.70. The minimum atomic E-state index is -0.140. The van der Waals surface area contributed by atoms with E-state index in [4.69, 9.17) is 9.72 Å². The minimum Gasteiger partial charge on any atom is -0.497 e. The number of nitrogens with zero attached hydrogens (tertiary/aromatic N) is 3. The van der Waals surface area contributed by atoms with Crippen LogP contribution >= 0.6 is 11.8 Å². The second-order valence-corrected chi connectivity index (χ2v) is 9.17. The number of hydrogen-bond donors (Lipinski definition) is 0. The van der Waals surface area contributed by atoms with E-state index >= 15 is 0 Å². The maximum atomic E-state index is 13.5. The zero-order chi connectivity index (χ0) is 24.2. The lowest BCUT2D eigenvalue weighted by Crippen LogP contribution is -2.28. The summed E-state index contributed by atoms with van der Waals surface area (Å²) in [5, 5.41) is 1.05. The van der Waals surface area contributed by atoms with Crippen LogP contribution < -0.4 is 10.3 Å². The Morgan fingerprint density at radius 1 is 1.06 bits per heavy atom. The van der Waals surface area contributed by atoms with Gasteiger partial charge < -0.3 is 9.64 Å². The van der Waals surface area contributed by atoms with Gasteiger partial charge in [-0.15, -0.1) is 0 Å². The van der Waals surface area contributed by atoms with E-state index in [-0.39, 0.29) is 17.2 Å². The summed E-state index contributed by atoms with van der Waals surface area (Å²) in [6.07, 6.45) is 0. The number of benzene rings is 3. The Kier molecular flexibility index (Phi) is 7.03. The molecule has 0 saturated carbocycles. The van der Waals surface area contributed by atoms with Gasteiger partial charge in [0.1, 0.15) is 5.75 Å². The number of para-hydroxylation sites is 1. The van der Waals surface area contributed by atoms with E-state index in [1.807, 2.05) is 74.5 Å². The molecule has 4 aromatic rings.